The first-order valence-corrected chi connectivity index (χ1v) is 11.5. The van der Waals surface area contributed by atoms with Gasteiger partial charge in [-0.15, -0.1) is 0 Å². The van der Waals surface area contributed by atoms with E-state index in [9.17, 15) is 13.2 Å². The number of anilines is 2. The number of fused-ring (bicyclic) bond motifs is 2. The third-order valence-corrected chi connectivity index (χ3v) is 7.99. The zero-order valence-electron chi connectivity index (χ0n) is 18.0. The topological polar surface area (TPSA) is 109 Å². The van der Waals surface area contributed by atoms with Crippen LogP contribution >= 0.6 is 0 Å². The number of carbonyl (C=O) groups excluding carboxylic acids is 1. The van der Waals surface area contributed by atoms with Gasteiger partial charge in [-0.3, -0.25) is 9.35 Å². The summed E-state index contributed by atoms with van der Waals surface area (Å²) in [6.45, 7) is 9.59. The van der Waals surface area contributed by atoms with Crippen LogP contribution in [-0.2, 0) is 14.9 Å². The standard InChI is InChI=1S/C12H13N3.C10H16O4S/c1-9-8-10(2)14-12(13-9)15-11-6-4-3-5-7-11;1-9(2)6-4-5-10(9,3)8(11)7(6)15(12,13)14/h3-8H,1-2H3,(H,13,14,15);6-7H,4-5H2,1-3H3,(H,12,13,14). The first-order chi connectivity index (χ1) is 13.9. The lowest BCUT2D eigenvalue weighted by Gasteiger charge is -2.32. The van der Waals surface area contributed by atoms with Gasteiger partial charge in [-0.2, -0.15) is 8.42 Å². The van der Waals surface area contributed by atoms with Gasteiger partial charge in [-0.25, -0.2) is 9.97 Å². The Labute approximate surface area is 178 Å². The first kappa shape index (κ1) is 22.4. The molecular weight excluding hydrogens is 402 g/mol. The summed E-state index contributed by atoms with van der Waals surface area (Å²) in [4.78, 5) is 20.6. The van der Waals surface area contributed by atoms with Gasteiger partial charge in [0.1, 0.15) is 5.25 Å². The molecule has 0 amide bonds. The maximum Gasteiger partial charge on any atom is 0.275 e. The molecule has 0 radical (unpaired) electrons. The van der Waals surface area contributed by atoms with E-state index in [1.54, 1.807) is 0 Å². The highest BCUT2D eigenvalue weighted by Crippen LogP contribution is 2.64. The molecule has 1 heterocycles. The minimum Gasteiger partial charge on any atom is -0.324 e. The number of rotatable bonds is 3. The highest BCUT2D eigenvalue weighted by atomic mass is 32.2. The molecule has 3 atom stereocenters. The summed E-state index contributed by atoms with van der Waals surface area (Å²) < 4.78 is 31.5. The van der Waals surface area contributed by atoms with E-state index in [2.05, 4.69) is 15.3 Å². The van der Waals surface area contributed by atoms with Crippen molar-refractivity contribution in [3.8, 4) is 0 Å². The van der Waals surface area contributed by atoms with Crippen molar-refractivity contribution in [3.05, 3.63) is 47.8 Å². The van der Waals surface area contributed by atoms with Crippen LogP contribution in [0.2, 0.25) is 0 Å². The minimum atomic E-state index is -4.24. The SMILES string of the molecule is CC12CCC(C(S(=O)(=O)O)C1=O)C2(C)C.Cc1cc(C)nc(Nc2ccccc2)n1. The molecule has 0 spiro atoms. The number of aryl methyl sites for hydroxylation is 2. The number of Topliss-reactive ketones (excluding diaryl/α,β-unsaturated/α-hetero) is 1. The molecule has 2 aliphatic rings. The van der Waals surface area contributed by atoms with E-state index >= 15 is 0 Å². The van der Waals surface area contributed by atoms with E-state index in [1.807, 2.05) is 71.0 Å². The van der Waals surface area contributed by atoms with E-state index in [0.717, 1.165) is 23.5 Å². The molecule has 4 rings (SSSR count). The van der Waals surface area contributed by atoms with E-state index in [1.165, 1.54) is 0 Å². The number of para-hydroxylation sites is 1. The maximum absolute atomic E-state index is 12.0. The number of nitrogens with zero attached hydrogens (tertiary/aromatic N) is 2. The van der Waals surface area contributed by atoms with Crippen LogP contribution in [0.4, 0.5) is 11.6 Å². The molecule has 2 fully saturated rings. The highest BCUT2D eigenvalue weighted by molar-refractivity contribution is 7.87. The summed E-state index contributed by atoms with van der Waals surface area (Å²) in [5.74, 6) is 0.120. The predicted octanol–water partition coefficient (Wildman–Crippen LogP) is 4.11. The Kier molecular flexibility index (Phi) is 5.77. The molecule has 2 saturated carbocycles. The van der Waals surface area contributed by atoms with Crippen molar-refractivity contribution >= 4 is 27.5 Å². The zero-order chi connectivity index (χ0) is 22.3. The van der Waals surface area contributed by atoms with Crippen molar-refractivity contribution in [3.63, 3.8) is 0 Å². The molecule has 162 valence electrons. The van der Waals surface area contributed by atoms with Gasteiger partial charge in [-0.05, 0) is 56.2 Å². The Morgan fingerprint density at radius 2 is 1.63 bits per heavy atom. The summed E-state index contributed by atoms with van der Waals surface area (Å²) in [6, 6.07) is 11.9. The number of hydrogen-bond acceptors (Lipinski definition) is 6. The second kappa shape index (κ2) is 7.74. The average molecular weight is 432 g/mol. The van der Waals surface area contributed by atoms with Crippen LogP contribution in [0, 0.1) is 30.6 Å². The van der Waals surface area contributed by atoms with Crippen LogP contribution in [0.1, 0.15) is 45.0 Å². The van der Waals surface area contributed by atoms with Gasteiger partial charge in [0, 0.05) is 22.5 Å². The second-order valence-corrected chi connectivity index (χ2v) is 10.5. The monoisotopic (exact) mass is 431 g/mol. The van der Waals surface area contributed by atoms with Crippen molar-refractivity contribution < 1.29 is 17.8 Å². The molecule has 2 aromatic rings. The largest absolute Gasteiger partial charge is 0.324 e. The summed E-state index contributed by atoms with van der Waals surface area (Å²) in [7, 11) is -4.24. The van der Waals surface area contributed by atoms with Gasteiger partial charge in [0.05, 0.1) is 0 Å². The molecule has 1 aromatic heterocycles. The number of ketones is 1. The van der Waals surface area contributed by atoms with E-state index in [-0.39, 0.29) is 17.1 Å². The molecular formula is C22H29N3O4S. The summed E-state index contributed by atoms with van der Waals surface area (Å²) in [6.07, 6.45) is 1.44. The molecule has 2 bridgehead atoms. The van der Waals surface area contributed by atoms with Crippen LogP contribution in [0.3, 0.4) is 0 Å². The van der Waals surface area contributed by atoms with Crippen molar-refractivity contribution in [1.29, 1.82) is 0 Å². The molecule has 30 heavy (non-hydrogen) atoms. The molecule has 8 heteroatoms. The van der Waals surface area contributed by atoms with Crippen LogP contribution < -0.4 is 5.32 Å². The molecule has 0 saturated heterocycles. The predicted molar refractivity (Wildman–Crippen MR) is 116 cm³/mol. The van der Waals surface area contributed by atoms with E-state index in [0.29, 0.717) is 12.4 Å². The normalized spacial score (nSPS) is 26.8. The Balaban J connectivity index is 0.000000171. The molecule has 2 N–H and O–H groups in total. The first-order valence-electron chi connectivity index (χ1n) is 10.0. The number of hydrogen-bond donors (Lipinski definition) is 2. The maximum atomic E-state index is 12.0. The van der Waals surface area contributed by atoms with E-state index in [4.69, 9.17) is 4.55 Å². The van der Waals surface area contributed by atoms with Crippen LogP contribution in [-0.4, -0.2) is 34.0 Å². The quantitative estimate of drug-likeness (QED) is 0.704. The lowest BCUT2D eigenvalue weighted by molar-refractivity contribution is -0.128. The lowest BCUT2D eigenvalue weighted by atomic mass is 9.70. The van der Waals surface area contributed by atoms with Crippen LogP contribution in [0.25, 0.3) is 0 Å². The fourth-order valence-corrected chi connectivity index (χ4v) is 6.20. The highest BCUT2D eigenvalue weighted by Gasteiger charge is 2.69. The number of aromatic nitrogens is 2. The van der Waals surface area contributed by atoms with Gasteiger partial charge >= 0.3 is 0 Å². The average Bonchev–Trinajstić information content (AvgIpc) is 2.94. The number of nitrogens with one attached hydrogen (secondary N) is 1. The fraction of sp³-hybridized carbons (Fsp3) is 0.500. The van der Waals surface area contributed by atoms with Gasteiger partial charge in [-0.1, -0.05) is 39.0 Å². The Hall–Kier alpha value is -2.32. The Morgan fingerprint density at radius 3 is 2.07 bits per heavy atom. The third kappa shape index (κ3) is 3.98. The minimum absolute atomic E-state index is 0.231. The van der Waals surface area contributed by atoms with Crippen molar-refractivity contribution in [2.45, 2.75) is 52.7 Å². The summed E-state index contributed by atoms with van der Waals surface area (Å²) in [5.41, 5.74) is 2.03. The molecule has 1 aromatic carbocycles. The second-order valence-electron chi connectivity index (χ2n) is 8.96. The van der Waals surface area contributed by atoms with Gasteiger partial charge in [0.2, 0.25) is 5.95 Å². The van der Waals surface area contributed by atoms with Crippen LogP contribution in [0.5, 0.6) is 0 Å². The van der Waals surface area contributed by atoms with Crippen LogP contribution in [0.15, 0.2) is 36.4 Å². The lowest BCUT2D eigenvalue weighted by Crippen LogP contribution is -2.38. The van der Waals surface area contributed by atoms with Gasteiger partial charge in [0.25, 0.3) is 10.1 Å². The van der Waals surface area contributed by atoms with Gasteiger partial charge in [0.15, 0.2) is 5.78 Å². The molecule has 2 aliphatic carbocycles. The van der Waals surface area contributed by atoms with E-state index < -0.39 is 20.8 Å². The van der Waals surface area contributed by atoms with Crippen molar-refractivity contribution in [2.24, 2.45) is 16.7 Å². The van der Waals surface area contributed by atoms with Crippen molar-refractivity contribution in [2.75, 3.05) is 5.32 Å². The summed E-state index contributed by atoms with van der Waals surface area (Å²) in [5, 5.41) is 1.97. The Bertz CT molecular complexity index is 1030. The smallest absolute Gasteiger partial charge is 0.275 e. The number of benzene rings is 1. The molecule has 3 unspecified atom stereocenters. The zero-order valence-corrected chi connectivity index (χ0v) is 18.8. The fourth-order valence-electron chi connectivity index (χ4n) is 4.78. The molecule has 0 aliphatic heterocycles. The molecule has 7 nitrogen and oxygen atoms in total. The Morgan fingerprint density at radius 1 is 1.07 bits per heavy atom. The van der Waals surface area contributed by atoms with Crippen molar-refractivity contribution in [1.82, 2.24) is 9.97 Å². The summed E-state index contributed by atoms with van der Waals surface area (Å²) >= 11 is 0. The van der Waals surface area contributed by atoms with Gasteiger partial charge < -0.3 is 5.32 Å². The number of carbonyl (C=O) groups is 1. The third-order valence-electron chi connectivity index (χ3n) is 6.81.